The number of rotatable bonds is 7. The van der Waals surface area contributed by atoms with Crippen molar-refractivity contribution in [3.05, 3.63) is 24.1 Å². The molecule has 4 N–H and O–H groups in total. The fourth-order valence-corrected chi connectivity index (χ4v) is 3.20. The lowest BCUT2D eigenvalue weighted by Gasteiger charge is -2.24. The first-order valence-corrected chi connectivity index (χ1v) is 9.23. The Balaban J connectivity index is 1.95. The van der Waals surface area contributed by atoms with Crippen LogP contribution in [0.4, 0.5) is 10.6 Å². The van der Waals surface area contributed by atoms with Crippen LogP contribution < -0.4 is 5.32 Å². The quantitative estimate of drug-likeness (QED) is 0.474. The molecule has 11 nitrogen and oxygen atoms in total. The van der Waals surface area contributed by atoms with Crippen molar-refractivity contribution >= 4 is 17.4 Å². The van der Waals surface area contributed by atoms with Gasteiger partial charge < -0.3 is 24.8 Å². The molecule has 1 amide bonds. The van der Waals surface area contributed by atoms with Crippen LogP contribution in [-0.4, -0.2) is 67.5 Å². The van der Waals surface area contributed by atoms with Crippen LogP contribution in [-0.2, 0) is 15.1 Å². The number of amides is 1. The summed E-state index contributed by atoms with van der Waals surface area (Å²) in [6.07, 6.45) is -1.46. The number of ether oxygens (including phenoxy) is 2. The maximum atomic E-state index is 12.0. The molecule has 0 spiro atoms. The first kappa shape index (κ1) is 19.5. The topological polar surface area (TPSA) is 162 Å². The Morgan fingerprint density at radius 3 is 3.00 bits per heavy atom. The molecule has 0 aromatic carbocycles. The Hall–Kier alpha value is -2.78. The maximum absolute atomic E-state index is 12.0. The lowest BCUT2D eigenvalue weighted by Crippen LogP contribution is -2.41. The van der Waals surface area contributed by atoms with Gasteiger partial charge in [-0.15, -0.1) is 0 Å². The van der Waals surface area contributed by atoms with Gasteiger partial charge in [-0.2, -0.15) is 10.4 Å². The van der Waals surface area contributed by atoms with E-state index in [0.717, 1.165) is 30.1 Å². The van der Waals surface area contributed by atoms with E-state index in [1.165, 1.54) is 6.07 Å². The van der Waals surface area contributed by atoms with E-state index in [2.05, 4.69) is 15.4 Å². The third kappa shape index (κ3) is 3.75. The lowest BCUT2D eigenvalue weighted by atomic mass is 9.92. The van der Waals surface area contributed by atoms with Gasteiger partial charge in [0.2, 0.25) is 5.60 Å². The normalized spacial score (nSPS) is 26.9. The average molecular weight is 406 g/mol. The molecule has 0 radical (unpaired) electrons. The smallest absolute Gasteiger partial charge is 0.412 e. The van der Waals surface area contributed by atoms with Gasteiger partial charge in [0.15, 0.2) is 5.82 Å². The summed E-state index contributed by atoms with van der Waals surface area (Å²) < 4.78 is 19.9. The number of aliphatic hydroxyl groups excluding tert-OH is 3. The molecular weight excluding hydrogens is 382 g/mol. The highest BCUT2D eigenvalue weighted by Crippen LogP contribution is 2.40. The molecule has 0 bridgehead atoms. The van der Waals surface area contributed by atoms with E-state index in [-0.39, 0.29) is 29.7 Å². The summed E-state index contributed by atoms with van der Waals surface area (Å²) in [6.45, 7) is 1.64. The van der Waals surface area contributed by atoms with Crippen LogP contribution in [0.2, 0.25) is 0 Å². The van der Waals surface area contributed by atoms with Crippen molar-refractivity contribution in [2.45, 2.75) is 50.1 Å². The van der Waals surface area contributed by atoms with E-state index in [0.29, 0.717) is 0 Å². The predicted molar refractivity (Wildman–Crippen MR) is 98.7 cm³/mol. The molecule has 29 heavy (non-hydrogen) atoms. The standard InChI is InChI=1S/C18H23N5O6/c1-2-3-4-7-28-17(27)22-16-11-5-6-13(23(11)21-10-20-16)18(9-19)15(26)14(25)12(8-24)29-18/h5-6,10,12,14-15,24-26H,2-4,7-8H2,1H3,(H,20,21,22,27)/t12-,14-,15-,18+/m1/s1/i5D. The van der Waals surface area contributed by atoms with Gasteiger partial charge in [0.1, 0.15) is 36.2 Å². The van der Waals surface area contributed by atoms with Crippen molar-refractivity contribution in [1.29, 1.82) is 5.26 Å². The summed E-state index contributed by atoms with van der Waals surface area (Å²) in [5, 5.41) is 46.2. The van der Waals surface area contributed by atoms with Crippen LogP contribution in [0.5, 0.6) is 0 Å². The number of nitrogens with one attached hydrogen (secondary N) is 1. The number of anilines is 1. The van der Waals surface area contributed by atoms with Gasteiger partial charge in [-0.1, -0.05) is 19.8 Å². The highest BCUT2D eigenvalue weighted by molar-refractivity contribution is 5.88. The molecule has 3 rings (SSSR count). The Morgan fingerprint density at radius 2 is 2.34 bits per heavy atom. The molecule has 1 fully saturated rings. The van der Waals surface area contributed by atoms with Crippen LogP contribution in [0, 0.1) is 11.3 Å². The Bertz CT molecular complexity index is 962. The molecule has 0 saturated carbocycles. The second kappa shape index (κ2) is 8.71. The second-order valence-electron chi connectivity index (χ2n) is 6.63. The SMILES string of the molecule is [2H]c1cc([C@]2(C#N)O[C@H](CO)[C@@H](O)[C@H]2O)n2ncnc(NC(=O)OCCCCC)c12. The molecule has 1 aliphatic rings. The minimum absolute atomic E-state index is 0.0263. The van der Waals surface area contributed by atoms with Gasteiger partial charge in [0.25, 0.3) is 0 Å². The number of nitriles is 1. The first-order valence-electron chi connectivity index (χ1n) is 9.73. The number of fused-ring (bicyclic) bond motifs is 1. The fraction of sp³-hybridized carbons (Fsp3) is 0.556. The zero-order chi connectivity index (χ0) is 21.9. The maximum Gasteiger partial charge on any atom is 0.412 e. The van der Waals surface area contributed by atoms with Crippen LogP contribution in [0.15, 0.2) is 18.4 Å². The van der Waals surface area contributed by atoms with E-state index < -0.39 is 36.6 Å². The molecule has 2 aromatic heterocycles. The Labute approximate surface area is 167 Å². The van der Waals surface area contributed by atoms with E-state index in [4.69, 9.17) is 10.8 Å². The molecular formula is C18H23N5O6. The van der Waals surface area contributed by atoms with E-state index in [1.54, 1.807) is 0 Å². The number of hydrogen-bond donors (Lipinski definition) is 4. The number of nitrogens with zero attached hydrogens (tertiary/aromatic N) is 4. The monoisotopic (exact) mass is 406 g/mol. The molecule has 4 atom stereocenters. The van der Waals surface area contributed by atoms with Crippen molar-refractivity contribution in [3.8, 4) is 6.07 Å². The first-order chi connectivity index (χ1) is 14.4. The fourth-order valence-electron chi connectivity index (χ4n) is 3.20. The third-order valence-electron chi connectivity index (χ3n) is 4.75. The minimum Gasteiger partial charge on any atom is -0.449 e. The molecule has 156 valence electrons. The van der Waals surface area contributed by atoms with Crippen molar-refractivity contribution in [1.82, 2.24) is 14.6 Å². The predicted octanol–water partition coefficient (Wildman–Crippen LogP) is 0.300. The van der Waals surface area contributed by atoms with Gasteiger partial charge >= 0.3 is 6.09 Å². The summed E-state index contributed by atoms with van der Waals surface area (Å²) in [6, 6.07) is 2.89. The largest absolute Gasteiger partial charge is 0.449 e. The van der Waals surface area contributed by atoms with Crippen LogP contribution in [0.25, 0.3) is 5.52 Å². The van der Waals surface area contributed by atoms with Gasteiger partial charge in [-0.25, -0.2) is 14.3 Å². The van der Waals surface area contributed by atoms with Crippen LogP contribution in [0.1, 0.15) is 33.3 Å². The molecule has 1 aliphatic heterocycles. The molecule has 0 aliphatic carbocycles. The van der Waals surface area contributed by atoms with Crippen LogP contribution in [0.3, 0.4) is 0 Å². The summed E-state index contributed by atoms with van der Waals surface area (Å²) >= 11 is 0. The van der Waals surface area contributed by atoms with Gasteiger partial charge in [0.05, 0.1) is 20.3 Å². The van der Waals surface area contributed by atoms with E-state index >= 15 is 0 Å². The third-order valence-corrected chi connectivity index (χ3v) is 4.75. The van der Waals surface area contributed by atoms with Gasteiger partial charge in [0, 0.05) is 0 Å². The molecule has 3 heterocycles. The number of aliphatic hydroxyl groups is 3. The van der Waals surface area contributed by atoms with Crippen molar-refractivity contribution < 1.29 is 31.0 Å². The van der Waals surface area contributed by atoms with Crippen molar-refractivity contribution in [2.24, 2.45) is 0 Å². The van der Waals surface area contributed by atoms with Crippen molar-refractivity contribution in [2.75, 3.05) is 18.5 Å². The minimum atomic E-state index is -2.08. The lowest BCUT2D eigenvalue weighted by molar-refractivity contribution is -0.0643. The molecule has 1 saturated heterocycles. The zero-order valence-corrected chi connectivity index (χ0v) is 15.8. The Kier molecular flexibility index (Phi) is 5.86. The highest BCUT2D eigenvalue weighted by atomic mass is 16.6. The van der Waals surface area contributed by atoms with Gasteiger partial charge in [-0.05, 0) is 18.5 Å². The number of aromatic nitrogens is 3. The van der Waals surface area contributed by atoms with Gasteiger partial charge in [-0.3, -0.25) is 5.32 Å². The molecule has 11 heteroatoms. The molecule has 2 aromatic rings. The summed E-state index contributed by atoms with van der Waals surface area (Å²) in [5.74, 6) is -0.0263. The molecule has 0 unspecified atom stereocenters. The second-order valence-corrected chi connectivity index (χ2v) is 6.63. The summed E-state index contributed by atoms with van der Waals surface area (Å²) in [5.41, 5.74) is -2.08. The number of hydrogen-bond acceptors (Lipinski definition) is 9. The highest BCUT2D eigenvalue weighted by Gasteiger charge is 2.57. The van der Waals surface area contributed by atoms with E-state index in [1.807, 2.05) is 13.0 Å². The summed E-state index contributed by atoms with van der Waals surface area (Å²) in [7, 11) is 0. The summed E-state index contributed by atoms with van der Waals surface area (Å²) in [4.78, 5) is 16.0. The van der Waals surface area contributed by atoms with E-state index in [9.17, 15) is 25.4 Å². The number of unbranched alkanes of at least 4 members (excludes halogenated alkanes) is 2. The average Bonchev–Trinajstić information content (AvgIpc) is 3.21. The number of carbonyl (C=O) groups excluding carboxylic acids is 1. The van der Waals surface area contributed by atoms with Crippen LogP contribution >= 0.6 is 0 Å². The number of carbonyl (C=O) groups is 1. The van der Waals surface area contributed by atoms with Crippen molar-refractivity contribution in [3.63, 3.8) is 0 Å². The Morgan fingerprint density at radius 1 is 1.55 bits per heavy atom. The zero-order valence-electron chi connectivity index (χ0n) is 16.8.